The SMILES string of the molecule is CCN(CCC(=O)O)Cc1ccc(C)cc1Cl. The Bertz CT molecular complexity index is 393. The molecule has 4 heteroatoms. The van der Waals surface area contributed by atoms with E-state index in [1.807, 2.05) is 32.0 Å². The van der Waals surface area contributed by atoms with Gasteiger partial charge in [-0.25, -0.2) is 0 Å². The van der Waals surface area contributed by atoms with Crippen LogP contribution in [-0.2, 0) is 11.3 Å². The summed E-state index contributed by atoms with van der Waals surface area (Å²) in [4.78, 5) is 12.6. The van der Waals surface area contributed by atoms with Gasteiger partial charge in [-0.05, 0) is 30.7 Å². The third-order valence-electron chi connectivity index (χ3n) is 2.69. The monoisotopic (exact) mass is 255 g/mol. The highest BCUT2D eigenvalue weighted by Crippen LogP contribution is 2.19. The molecule has 94 valence electrons. The van der Waals surface area contributed by atoms with Crippen LogP contribution in [0.25, 0.3) is 0 Å². The van der Waals surface area contributed by atoms with Gasteiger partial charge in [-0.1, -0.05) is 30.7 Å². The molecular weight excluding hydrogens is 238 g/mol. The Morgan fingerprint density at radius 2 is 2.18 bits per heavy atom. The minimum absolute atomic E-state index is 0.164. The van der Waals surface area contributed by atoms with Crippen molar-refractivity contribution in [3.8, 4) is 0 Å². The first-order valence-corrected chi connectivity index (χ1v) is 6.10. The van der Waals surface area contributed by atoms with Crippen LogP contribution in [0, 0.1) is 6.92 Å². The highest BCUT2D eigenvalue weighted by atomic mass is 35.5. The standard InChI is InChI=1S/C13H18ClNO2/c1-3-15(7-6-13(16)17)9-11-5-4-10(2)8-12(11)14/h4-5,8H,3,6-7,9H2,1-2H3,(H,16,17). The van der Waals surface area contributed by atoms with Crippen LogP contribution in [0.2, 0.25) is 5.02 Å². The maximum atomic E-state index is 10.5. The third-order valence-corrected chi connectivity index (χ3v) is 3.04. The van der Waals surface area contributed by atoms with Gasteiger partial charge in [-0.3, -0.25) is 9.69 Å². The zero-order chi connectivity index (χ0) is 12.8. The van der Waals surface area contributed by atoms with E-state index >= 15 is 0 Å². The summed E-state index contributed by atoms with van der Waals surface area (Å²) in [7, 11) is 0. The molecule has 1 rings (SSSR count). The minimum atomic E-state index is -0.765. The van der Waals surface area contributed by atoms with E-state index in [0.717, 1.165) is 22.7 Å². The van der Waals surface area contributed by atoms with Gasteiger partial charge in [0, 0.05) is 18.1 Å². The molecule has 17 heavy (non-hydrogen) atoms. The second-order valence-electron chi connectivity index (χ2n) is 4.11. The van der Waals surface area contributed by atoms with E-state index in [2.05, 4.69) is 4.90 Å². The van der Waals surface area contributed by atoms with Gasteiger partial charge in [0.05, 0.1) is 6.42 Å². The van der Waals surface area contributed by atoms with Crippen LogP contribution in [0.15, 0.2) is 18.2 Å². The molecular formula is C13H18ClNO2. The quantitative estimate of drug-likeness (QED) is 0.850. The van der Waals surface area contributed by atoms with Crippen LogP contribution in [0.4, 0.5) is 0 Å². The van der Waals surface area contributed by atoms with Crippen molar-refractivity contribution < 1.29 is 9.90 Å². The molecule has 0 aliphatic carbocycles. The number of carbonyl (C=O) groups is 1. The minimum Gasteiger partial charge on any atom is -0.481 e. The van der Waals surface area contributed by atoms with Gasteiger partial charge in [0.25, 0.3) is 0 Å². The summed E-state index contributed by atoms with van der Waals surface area (Å²) in [6.07, 6.45) is 0.164. The van der Waals surface area contributed by atoms with Crippen molar-refractivity contribution in [2.45, 2.75) is 26.8 Å². The molecule has 0 aliphatic rings. The largest absolute Gasteiger partial charge is 0.481 e. The summed E-state index contributed by atoms with van der Waals surface area (Å²) in [5.74, 6) is -0.765. The molecule has 0 heterocycles. The number of carboxylic acids is 1. The van der Waals surface area contributed by atoms with Gasteiger partial charge < -0.3 is 5.11 Å². The Labute approximate surface area is 107 Å². The molecule has 1 aromatic carbocycles. The molecule has 0 fully saturated rings. The predicted octanol–water partition coefficient (Wildman–Crippen LogP) is 2.95. The van der Waals surface area contributed by atoms with Crippen molar-refractivity contribution in [3.63, 3.8) is 0 Å². The first kappa shape index (κ1) is 14.0. The van der Waals surface area contributed by atoms with E-state index in [1.165, 1.54) is 0 Å². The number of hydrogen-bond donors (Lipinski definition) is 1. The molecule has 3 nitrogen and oxygen atoms in total. The Morgan fingerprint density at radius 1 is 1.47 bits per heavy atom. The molecule has 1 aromatic rings. The summed E-state index contributed by atoms with van der Waals surface area (Å²) in [6.45, 7) is 6.08. The fourth-order valence-electron chi connectivity index (χ4n) is 1.62. The summed E-state index contributed by atoms with van der Waals surface area (Å²) in [5.41, 5.74) is 2.18. The first-order chi connectivity index (χ1) is 8.02. The molecule has 0 aromatic heterocycles. The van der Waals surface area contributed by atoms with Crippen molar-refractivity contribution in [1.29, 1.82) is 0 Å². The summed E-state index contributed by atoms with van der Waals surface area (Å²) in [5, 5.41) is 9.41. The number of aryl methyl sites for hydroxylation is 1. The number of hydrogen-bond acceptors (Lipinski definition) is 2. The lowest BCUT2D eigenvalue weighted by atomic mass is 10.1. The van der Waals surface area contributed by atoms with Crippen LogP contribution < -0.4 is 0 Å². The smallest absolute Gasteiger partial charge is 0.304 e. The fourth-order valence-corrected chi connectivity index (χ4v) is 1.92. The first-order valence-electron chi connectivity index (χ1n) is 5.72. The van der Waals surface area contributed by atoms with Crippen LogP contribution >= 0.6 is 11.6 Å². The van der Waals surface area contributed by atoms with E-state index in [0.29, 0.717) is 13.1 Å². The van der Waals surface area contributed by atoms with Crippen molar-refractivity contribution in [1.82, 2.24) is 4.90 Å². The van der Waals surface area contributed by atoms with Crippen LogP contribution in [-0.4, -0.2) is 29.1 Å². The van der Waals surface area contributed by atoms with Crippen molar-refractivity contribution >= 4 is 17.6 Å². The number of rotatable bonds is 6. The third kappa shape index (κ3) is 4.75. The van der Waals surface area contributed by atoms with Gasteiger partial charge in [0.15, 0.2) is 0 Å². The summed E-state index contributed by atoms with van der Waals surface area (Å²) < 4.78 is 0. The zero-order valence-corrected chi connectivity index (χ0v) is 11.0. The molecule has 0 bridgehead atoms. The molecule has 0 saturated carbocycles. The lowest BCUT2D eigenvalue weighted by molar-refractivity contribution is -0.137. The number of benzene rings is 1. The number of aliphatic carboxylic acids is 1. The maximum Gasteiger partial charge on any atom is 0.304 e. The van der Waals surface area contributed by atoms with Gasteiger partial charge in [0.2, 0.25) is 0 Å². The van der Waals surface area contributed by atoms with Crippen molar-refractivity contribution in [3.05, 3.63) is 34.3 Å². The molecule has 0 saturated heterocycles. The molecule has 0 amide bonds. The average molecular weight is 256 g/mol. The highest BCUT2D eigenvalue weighted by Gasteiger charge is 2.08. The Balaban J connectivity index is 2.63. The second-order valence-corrected chi connectivity index (χ2v) is 4.51. The Hall–Kier alpha value is -1.06. The lowest BCUT2D eigenvalue weighted by Crippen LogP contribution is -2.25. The van der Waals surface area contributed by atoms with E-state index in [9.17, 15) is 4.79 Å². The van der Waals surface area contributed by atoms with E-state index < -0.39 is 5.97 Å². The van der Waals surface area contributed by atoms with E-state index in [4.69, 9.17) is 16.7 Å². The summed E-state index contributed by atoms with van der Waals surface area (Å²) in [6, 6.07) is 5.95. The lowest BCUT2D eigenvalue weighted by Gasteiger charge is -2.20. The molecule has 0 radical (unpaired) electrons. The topological polar surface area (TPSA) is 40.5 Å². The molecule has 0 spiro atoms. The molecule has 0 atom stereocenters. The van der Waals surface area contributed by atoms with Crippen LogP contribution in [0.1, 0.15) is 24.5 Å². The molecule has 1 N–H and O–H groups in total. The predicted molar refractivity (Wildman–Crippen MR) is 69.4 cm³/mol. The number of nitrogens with zero attached hydrogens (tertiary/aromatic N) is 1. The molecule has 0 unspecified atom stereocenters. The fraction of sp³-hybridized carbons (Fsp3) is 0.462. The number of carboxylic acid groups (broad SMARTS) is 1. The Kier molecular flexibility index (Phi) is 5.45. The maximum absolute atomic E-state index is 10.5. The zero-order valence-electron chi connectivity index (χ0n) is 10.2. The van der Waals surface area contributed by atoms with E-state index in [-0.39, 0.29) is 6.42 Å². The summed E-state index contributed by atoms with van der Waals surface area (Å²) >= 11 is 6.15. The van der Waals surface area contributed by atoms with Gasteiger partial charge in [-0.15, -0.1) is 0 Å². The van der Waals surface area contributed by atoms with Gasteiger partial charge in [-0.2, -0.15) is 0 Å². The average Bonchev–Trinajstić information content (AvgIpc) is 2.26. The normalized spacial score (nSPS) is 10.8. The van der Waals surface area contributed by atoms with E-state index in [1.54, 1.807) is 0 Å². The Morgan fingerprint density at radius 3 is 2.71 bits per heavy atom. The van der Waals surface area contributed by atoms with Gasteiger partial charge in [0.1, 0.15) is 0 Å². The van der Waals surface area contributed by atoms with Gasteiger partial charge >= 0.3 is 5.97 Å². The second kappa shape index (κ2) is 6.62. The van der Waals surface area contributed by atoms with Crippen LogP contribution in [0.5, 0.6) is 0 Å². The van der Waals surface area contributed by atoms with Crippen LogP contribution in [0.3, 0.4) is 0 Å². The highest BCUT2D eigenvalue weighted by molar-refractivity contribution is 6.31. The van der Waals surface area contributed by atoms with Crippen molar-refractivity contribution in [2.24, 2.45) is 0 Å². The molecule has 0 aliphatic heterocycles. The number of halogens is 1. The van der Waals surface area contributed by atoms with Crippen molar-refractivity contribution in [2.75, 3.05) is 13.1 Å².